The zero-order valence-corrected chi connectivity index (χ0v) is 10.4. The van der Waals surface area contributed by atoms with Crippen molar-refractivity contribution >= 4 is 27.5 Å². The maximum Gasteiger partial charge on any atom is 0.241 e. The van der Waals surface area contributed by atoms with Crippen LogP contribution in [0, 0.1) is 5.92 Å². The number of amides is 1. The van der Waals surface area contributed by atoms with Crippen molar-refractivity contribution in [3.8, 4) is 0 Å². The number of halogens is 1. The van der Waals surface area contributed by atoms with E-state index in [1.54, 1.807) is 0 Å². The van der Waals surface area contributed by atoms with Gasteiger partial charge in [-0.3, -0.25) is 15.6 Å². The Hall–Kier alpha value is -1.29. The fourth-order valence-electron chi connectivity index (χ4n) is 1.36. The maximum absolute atomic E-state index is 11.4. The lowest BCUT2D eigenvalue weighted by Gasteiger charge is -2.12. The quantitative estimate of drug-likeness (QED) is 0.832. The predicted molar refractivity (Wildman–Crippen MR) is 67.2 cm³/mol. The molecule has 0 unspecified atom stereocenters. The molecule has 0 bridgehead atoms. The minimum Gasteiger partial charge on any atom is -0.299 e. The van der Waals surface area contributed by atoms with E-state index in [2.05, 4.69) is 33.4 Å². The van der Waals surface area contributed by atoms with E-state index in [4.69, 9.17) is 0 Å². The number of rotatable bonds is 4. The van der Waals surface area contributed by atoms with Gasteiger partial charge in [-0.1, -0.05) is 40.7 Å². The fourth-order valence-corrected chi connectivity index (χ4v) is 1.88. The summed E-state index contributed by atoms with van der Waals surface area (Å²) in [4.78, 5) is 11.4. The van der Waals surface area contributed by atoms with Crippen LogP contribution in [0.1, 0.15) is 18.4 Å². The van der Waals surface area contributed by atoms with E-state index in [9.17, 15) is 4.79 Å². The summed E-state index contributed by atoms with van der Waals surface area (Å²) in [5.74, 6) is 0.243. The minimum atomic E-state index is 0.0493. The van der Waals surface area contributed by atoms with Crippen molar-refractivity contribution in [3.05, 3.63) is 40.9 Å². The van der Waals surface area contributed by atoms with Crippen LogP contribution in [0.5, 0.6) is 0 Å². The van der Waals surface area contributed by atoms with Gasteiger partial charge in [-0.15, -0.1) is 0 Å². The number of hydrogen-bond donors (Lipinski definition) is 2. The van der Waals surface area contributed by atoms with Crippen molar-refractivity contribution in [3.63, 3.8) is 0 Å². The van der Waals surface area contributed by atoms with Crippen molar-refractivity contribution in [1.82, 2.24) is 10.9 Å². The topological polar surface area (TPSA) is 41.1 Å². The smallest absolute Gasteiger partial charge is 0.241 e. The SMILES string of the molecule is C=C(NNC(=O)C1CC1)c1ccccc1Br. The first-order chi connectivity index (χ1) is 7.68. The van der Waals surface area contributed by atoms with Crippen molar-refractivity contribution < 1.29 is 4.79 Å². The van der Waals surface area contributed by atoms with E-state index >= 15 is 0 Å². The Bertz CT molecular complexity index is 427. The van der Waals surface area contributed by atoms with Crippen LogP contribution in [0.15, 0.2) is 35.3 Å². The molecule has 84 valence electrons. The predicted octanol–water partition coefficient (Wildman–Crippen LogP) is 2.45. The molecule has 0 aromatic heterocycles. The molecule has 1 fully saturated rings. The van der Waals surface area contributed by atoms with Gasteiger partial charge >= 0.3 is 0 Å². The standard InChI is InChI=1S/C12H13BrN2O/c1-8(10-4-2-3-5-11(10)13)14-15-12(16)9-6-7-9/h2-5,9,14H,1,6-7H2,(H,15,16). The molecule has 1 aliphatic carbocycles. The number of carbonyl (C=O) groups is 1. The first-order valence-electron chi connectivity index (χ1n) is 5.18. The van der Waals surface area contributed by atoms with E-state index < -0.39 is 0 Å². The Kier molecular flexibility index (Phi) is 3.29. The number of hydrazine groups is 1. The second-order valence-corrected chi connectivity index (χ2v) is 4.70. The van der Waals surface area contributed by atoms with Gasteiger partial charge in [-0.25, -0.2) is 0 Å². The molecule has 1 aromatic carbocycles. The Morgan fingerprint density at radius 1 is 1.31 bits per heavy atom. The largest absolute Gasteiger partial charge is 0.299 e. The molecule has 0 radical (unpaired) electrons. The summed E-state index contributed by atoms with van der Waals surface area (Å²) in [6.45, 7) is 3.88. The molecule has 1 amide bonds. The number of nitrogens with one attached hydrogen (secondary N) is 2. The third kappa shape index (κ3) is 2.64. The van der Waals surface area contributed by atoms with Crippen LogP contribution in [-0.2, 0) is 4.79 Å². The van der Waals surface area contributed by atoms with Crippen molar-refractivity contribution in [2.24, 2.45) is 5.92 Å². The van der Waals surface area contributed by atoms with Gasteiger partial charge in [0.15, 0.2) is 0 Å². The van der Waals surface area contributed by atoms with Crippen LogP contribution in [0.2, 0.25) is 0 Å². The lowest BCUT2D eigenvalue weighted by molar-refractivity contribution is -0.122. The molecular weight excluding hydrogens is 268 g/mol. The Morgan fingerprint density at radius 3 is 2.62 bits per heavy atom. The van der Waals surface area contributed by atoms with Crippen LogP contribution >= 0.6 is 15.9 Å². The summed E-state index contributed by atoms with van der Waals surface area (Å²) < 4.78 is 0.952. The zero-order chi connectivity index (χ0) is 11.5. The molecular formula is C12H13BrN2O. The minimum absolute atomic E-state index is 0.0493. The Morgan fingerprint density at radius 2 is 2.00 bits per heavy atom. The molecule has 0 spiro atoms. The summed E-state index contributed by atoms with van der Waals surface area (Å²) in [5, 5.41) is 0. The molecule has 3 nitrogen and oxygen atoms in total. The molecule has 1 saturated carbocycles. The maximum atomic E-state index is 11.4. The van der Waals surface area contributed by atoms with Crippen LogP contribution < -0.4 is 10.9 Å². The molecule has 0 atom stereocenters. The van der Waals surface area contributed by atoms with E-state index in [1.165, 1.54) is 0 Å². The average Bonchev–Trinajstić information content (AvgIpc) is 3.10. The van der Waals surface area contributed by atoms with Crippen molar-refractivity contribution in [2.75, 3.05) is 0 Å². The molecule has 2 N–H and O–H groups in total. The number of hydrogen-bond acceptors (Lipinski definition) is 2. The number of carbonyl (C=O) groups excluding carboxylic acids is 1. The normalized spacial score (nSPS) is 14.3. The zero-order valence-electron chi connectivity index (χ0n) is 8.79. The third-order valence-electron chi connectivity index (χ3n) is 2.48. The van der Waals surface area contributed by atoms with Gasteiger partial charge in [0.05, 0.1) is 5.70 Å². The summed E-state index contributed by atoms with van der Waals surface area (Å²) in [6.07, 6.45) is 1.99. The van der Waals surface area contributed by atoms with E-state index in [0.29, 0.717) is 5.70 Å². The van der Waals surface area contributed by atoms with Gasteiger partial charge in [-0.2, -0.15) is 0 Å². The highest BCUT2D eigenvalue weighted by atomic mass is 79.9. The Labute approximate surface area is 103 Å². The van der Waals surface area contributed by atoms with E-state index in [0.717, 1.165) is 22.9 Å². The summed E-state index contributed by atoms with van der Waals surface area (Å²) in [7, 11) is 0. The fraction of sp³-hybridized carbons (Fsp3) is 0.250. The van der Waals surface area contributed by atoms with Crippen LogP contribution in [0.25, 0.3) is 5.70 Å². The molecule has 4 heteroatoms. The summed E-state index contributed by atoms with van der Waals surface area (Å²) in [6, 6.07) is 7.73. The molecule has 16 heavy (non-hydrogen) atoms. The monoisotopic (exact) mass is 280 g/mol. The van der Waals surface area contributed by atoms with Gasteiger partial charge in [0, 0.05) is 16.0 Å². The summed E-state index contributed by atoms with van der Waals surface area (Å²) in [5.41, 5.74) is 7.12. The lowest BCUT2D eigenvalue weighted by Crippen LogP contribution is -2.36. The highest BCUT2D eigenvalue weighted by Crippen LogP contribution is 2.28. The summed E-state index contributed by atoms with van der Waals surface area (Å²) >= 11 is 3.43. The van der Waals surface area contributed by atoms with Gasteiger partial charge in [0.1, 0.15) is 0 Å². The van der Waals surface area contributed by atoms with Gasteiger partial charge in [0.2, 0.25) is 5.91 Å². The van der Waals surface area contributed by atoms with Crippen molar-refractivity contribution in [2.45, 2.75) is 12.8 Å². The van der Waals surface area contributed by atoms with Gasteiger partial charge in [-0.05, 0) is 18.9 Å². The first-order valence-corrected chi connectivity index (χ1v) is 5.97. The first kappa shape index (κ1) is 11.2. The molecule has 0 heterocycles. The Balaban J connectivity index is 1.92. The highest BCUT2D eigenvalue weighted by Gasteiger charge is 2.29. The molecule has 0 saturated heterocycles. The van der Waals surface area contributed by atoms with Crippen LogP contribution in [0.4, 0.5) is 0 Å². The van der Waals surface area contributed by atoms with Gasteiger partial charge in [0.25, 0.3) is 0 Å². The lowest BCUT2D eigenvalue weighted by atomic mass is 10.2. The number of benzene rings is 1. The van der Waals surface area contributed by atoms with E-state index in [-0.39, 0.29) is 11.8 Å². The van der Waals surface area contributed by atoms with Crippen LogP contribution in [0.3, 0.4) is 0 Å². The average molecular weight is 281 g/mol. The molecule has 2 rings (SSSR count). The van der Waals surface area contributed by atoms with Crippen LogP contribution in [-0.4, -0.2) is 5.91 Å². The second-order valence-electron chi connectivity index (χ2n) is 3.85. The highest BCUT2D eigenvalue weighted by molar-refractivity contribution is 9.10. The molecule has 1 aromatic rings. The second kappa shape index (κ2) is 4.70. The van der Waals surface area contributed by atoms with Gasteiger partial charge < -0.3 is 0 Å². The molecule has 0 aliphatic heterocycles. The molecule has 1 aliphatic rings. The van der Waals surface area contributed by atoms with Crippen molar-refractivity contribution in [1.29, 1.82) is 0 Å². The third-order valence-corrected chi connectivity index (χ3v) is 3.18. The van der Waals surface area contributed by atoms with E-state index in [1.807, 2.05) is 24.3 Å².